The van der Waals surface area contributed by atoms with Crippen LogP contribution in [0.1, 0.15) is 5.56 Å². The third-order valence-electron chi connectivity index (χ3n) is 2.84. The van der Waals surface area contributed by atoms with E-state index < -0.39 is 14.9 Å². The zero-order valence-corrected chi connectivity index (χ0v) is 11.2. The van der Waals surface area contributed by atoms with E-state index in [1.54, 1.807) is 18.3 Å². The van der Waals surface area contributed by atoms with Crippen molar-refractivity contribution in [2.45, 2.75) is 4.90 Å². The summed E-state index contributed by atoms with van der Waals surface area (Å²) in [6, 6.07) is 6.99. The molecule has 0 bridgehead atoms. The number of fused-ring (bicyclic) bond motifs is 1. The van der Waals surface area contributed by atoms with E-state index in [2.05, 4.69) is 14.7 Å². The van der Waals surface area contributed by atoms with Gasteiger partial charge in [-0.1, -0.05) is 0 Å². The Labute approximate surface area is 119 Å². The average molecular weight is 304 g/mol. The van der Waals surface area contributed by atoms with Crippen LogP contribution < -0.4 is 5.32 Å². The molecule has 0 radical (unpaired) electrons. The first-order valence-electron chi connectivity index (χ1n) is 5.78. The fourth-order valence-corrected chi connectivity index (χ4v) is 3.11. The lowest BCUT2D eigenvalue weighted by Gasteiger charge is -2.05. The van der Waals surface area contributed by atoms with Crippen LogP contribution in [0, 0.1) is 10.1 Å². The third-order valence-corrected chi connectivity index (χ3v) is 4.16. The lowest BCUT2D eigenvalue weighted by Crippen LogP contribution is -2.11. The van der Waals surface area contributed by atoms with E-state index in [4.69, 9.17) is 0 Å². The molecule has 0 aliphatic carbocycles. The number of benzene rings is 1. The molecule has 0 saturated heterocycles. The van der Waals surface area contributed by atoms with Crippen molar-refractivity contribution >= 4 is 27.2 Å². The number of aromatic nitrogens is 1. The van der Waals surface area contributed by atoms with Crippen LogP contribution in [-0.2, 0) is 10.0 Å². The molecule has 0 amide bonds. The van der Waals surface area contributed by atoms with E-state index in [0.717, 1.165) is 6.07 Å². The maximum absolute atomic E-state index is 12.0. The molecule has 1 aliphatic rings. The van der Waals surface area contributed by atoms with Gasteiger partial charge in [0.05, 0.1) is 16.8 Å². The molecular formula is C12H8N4O4S. The molecule has 1 aliphatic heterocycles. The zero-order valence-electron chi connectivity index (χ0n) is 10.4. The number of pyridine rings is 1. The van der Waals surface area contributed by atoms with Gasteiger partial charge < -0.3 is 5.32 Å². The van der Waals surface area contributed by atoms with Crippen LogP contribution in [0.4, 0.5) is 11.4 Å². The molecule has 0 atom stereocenters. The summed E-state index contributed by atoms with van der Waals surface area (Å²) in [5.74, 6) is 0.118. The molecule has 2 aromatic rings. The number of hydrogen-bond acceptors (Lipinski definition) is 6. The summed E-state index contributed by atoms with van der Waals surface area (Å²) in [7, 11) is -3.93. The fourth-order valence-electron chi connectivity index (χ4n) is 1.92. The van der Waals surface area contributed by atoms with Crippen LogP contribution >= 0.6 is 0 Å². The summed E-state index contributed by atoms with van der Waals surface area (Å²) in [5, 5.41) is 13.6. The highest BCUT2D eigenvalue weighted by Crippen LogP contribution is 2.30. The molecule has 0 fully saturated rings. The molecule has 21 heavy (non-hydrogen) atoms. The normalized spacial score (nSPS) is 15.1. The van der Waals surface area contributed by atoms with Gasteiger partial charge in [0.15, 0.2) is 5.84 Å². The number of sulfonamides is 1. The Bertz CT molecular complexity index is 862. The molecule has 0 unspecified atom stereocenters. The SMILES string of the molecule is O=[N+]([O-])c1ccc2c(c1)S(=O)(=O)N=C2Nc1cccnc1. The number of nitro groups is 1. The van der Waals surface area contributed by atoms with Gasteiger partial charge in [-0.05, 0) is 18.2 Å². The molecule has 106 valence electrons. The number of anilines is 1. The summed E-state index contributed by atoms with van der Waals surface area (Å²) < 4.78 is 27.5. The van der Waals surface area contributed by atoms with Crippen LogP contribution in [-0.4, -0.2) is 24.2 Å². The van der Waals surface area contributed by atoms with Crippen molar-refractivity contribution in [3.63, 3.8) is 0 Å². The summed E-state index contributed by atoms with van der Waals surface area (Å²) in [6.07, 6.45) is 3.09. The van der Waals surface area contributed by atoms with Crippen molar-refractivity contribution in [3.8, 4) is 0 Å². The Hall–Kier alpha value is -2.81. The molecule has 2 heterocycles. The number of nitrogens with one attached hydrogen (secondary N) is 1. The fraction of sp³-hybridized carbons (Fsp3) is 0. The van der Waals surface area contributed by atoms with Crippen molar-refractivity contribution in [1.29, 1.82) is 0 Å². The molecule has 3 rings (SSSR count). The molecule has 9 heteroatoms. The molecular weight excluding hydrogens is 296 g/mol. The van der Waals surface area contributed by atoms with Gasteiger partial charge in [0, 0.05) is 23.9 Å². The monoisotopic (exact) mass is 304 g/mol. The Balaban J connectivity index is 2.06. The van der Waals surface area contributed by atoms with E-state index in [1.165, 1.54) is 18.3 Å². The Morgan fingerprint density at radius 3 is 2.71 bits per heavy atom. The largest absolute Gasteiger partial charge is 0.338 e. The van der Waals surface area contributed by atoms with Crippen molar-refractivity contribution in [2.75, 3.05) is 5.32 Å². The van der Waals surface area contributed by atoms with Gasteiger partial charge in [-0.3, -0.25) is 15.1 Å². The maximum atomic E-state index is 12.0. The zero-order chi connectivity index (χ0) is 15.0. The third kappa shape index (κ3) is 2.34. The highest BCUT2D eigenvalue weighted by Gasteiger charge is 2.31. The predicted molar refractivity (Wildman–Crippen MR) is 74.7 cm³/mol. The molecule has 8 nitrogen and oxygen atoms in total. The smallest absolute Gasteiger partial charge is 0.285 e. The molecule has 1 aromatic carbocycles. The van der Waals surface area contributed by atoms with Crippen LogP contribution in [0.3, 0.4) is 0 Å². The maximum Gasteiger partial charge on any atom is 0.285 e. The van der Waals surface area contributed by atoms with Crippen molar-refractivity contribution in [2.24, 2.45) is 4.40 Å². The van der Waals surface area contributed by atoms with Gasteiger partial charge in [0.1, 0.15) is 4.90 Å². The predicted octanol–water partition coefficient (Wildman–Crippen LogP) is 1.55. The number of nitrogens with zero attached hydrogens (tertiary/aromatic N) is 3. The highest BCUT2D eigenvalue weighted by molar-refractivity contribution is 7.90. The topological polar surface area (TPSA) is 115 Å². The molecule has 0 spiro atoms. The van der Waals surface area contributed by atoms with Gasteiger partial charge in [-0.25, -0.2) is 0 Å². The van der Waals surface area contributed by atoms with Crippen LogP contribution in [0.5, 0.6) is 0 Å². The lowest BCUT2D eigenvalue weighted by molar-refractivity contribution is -0.385. The van der Waals surface area contributed by atoms with Gasteiger partial charge in [0.2, 0.25) is 0 Å². The van der Waals surface area contributed by atoms with Crippen molar-refractivity contribution < 1.29 is 13.3 Å². The molecule has 1 aromatic heterocycles. The van der Waals surface area contributed by atoms with Gasteiger partial charge >= 0.3 is 0 Å². The number of hydrogen-bond donors (Lipinski definition) is 1. The Morgan fingerprint density at radius 2 is 2.05 bits per heavy atom. The van der Waals surface area contributed by atoms with E-state index in [-0.39, 0.29) is 16.4 Å². The highest BCUT2D eigenvalue weighted by atomic mass is 32.2. The Kier molecular flexibility index (Phi) is 2.91. The van der Waals surface area contributed by atoms with Gasteiger partial charge in [-0.2, -0.15) is 8.42 Å². The summed E-state index contributed by atoms with van der Waals surface area (Å²) in [5.41, 5.74) is 0.567. The van der Waals surface area contributed by atoms with Gasteiger partial charge in [-0.15, -0.1) is 4.40 Å². The van der Waals surface area contributed by atoms with Crippen molar-refractivity contribution in [3.05, 3.63) is 58.4 Å². The standard InChI is InChI=1S/C12H8N4O4S/c17-16(18)9-3-4-10-11(6-9)21(19,20)15-12(10)14-8-2-1-5-13-7-8/h1-7H,(H,14,15). The first kappa shape index (κ1) is 13.2. The minimum Gasteiger partial charge on any atom is -0.338 e. The number of rotatable bonds is 2. The molecule has 1 N–H and O–H groups in total. The second kappa shape index (κ2) is 4.63. The minimum absolute atomic E-state index is 0.118. The summed E-state index contributed by atoms with van der Waals surface area (Å²) in [4.78, 5) is 13.8. The summed E-state index contributed by atoms with van der Waals surface area (Å²) >= 11 is 0. The number of nitro benzene ring substituents is 1. The first-order valence-corrected chi connectivity index (χ1v) is 7.22. The van der Waals surface area contributed by atoms with Crippen LogP contribution in [0.15, 0.2) is 52.0 Å². The van der Waals surface area contributed by atoms with E-state index in [0.29, 0.717) is 11.3 Å². The lowest BCUT2D eigenvalue weighted by atomic mass is 10.2. The van der Waals surface area contributed by atoms with E-state index in [1.807, 2.05) is 0 Å². The van der Waals surface area contributed by atoms with Crippen LogP contribution in [0.25, 0.3) is 0 Å². The average Bonchev–Trinajstić information content (AvgIpc) is 2.71. The Morgan fingerprint density at radius 1 is 1.24 bits per heavy atom. The second-order valence-corrected chi connectivity index (χ2v) is 5.79. The first-order chi connectivity index (χ1) is 9.97. The second-order valence-electron chi connectivity index (χ2n) is 4.22. The number of non-ortho nitro benzene ring substituents is 1. The minimum atomic E-state index is -3.93. The van der Waals surface area contributed by atoms with Gasteiger partial charge in [0.25, 0.3) is 15.7 Å². The van der Waals surface area contributed by atoms with E-state index in [9.17, 15) is 18.5 Å². The summed E-state index contributed by atoms with van der Waals surface area (Å²) in [6.45, 7) is 0. The quantitative estimate of drug-likeness (QED) is 0.665. The molecule has 0 saturated carbocycles. The van der Waals surface area contributed by atoms with Crippen LogP contribution in [0.2, 0.25) is 0 Å². The van der Waals surface area contributed by atoms with Crippen molar-refractivity contribution in [1.82, 2.24) is 4.98 Å². The number of amidine groups is 1. The van der Waals surface area contributed by atoms with E-state index >= 15 is 0 Å².